The highest BCUT2D eigenvalue weighted by molar-refractivity contribution is 5.92. The third kappa shape index (κ3) is 6.66. The molecule has 0 spiro atoms. The van der Waals surface area contributed by atoms with Gasteiger partial charge in [0, 0.05) is 37.6 Å². The van der Waals surface area contributed by atoms with Crippen LogP contribution in [0.3, 0.4) is 0 Å². The molecule has 1 aliphatic carbocycles. The van der Waals surface area contributed by atoms with E-state index in [0.717, 1.165) is 25.8 Å². The molecule has 1 saturated heterocycles. The second-order valence-electron chi connectivity index (χ2n) is 7.86. The Morgan fingerprint density at radius 2 is 1.69 bits per heavy atom. The Bertz CT molecular complexity index is 718. The van der Waals surface area contributed by atoms with E-state index in [1.54, 1.807) is 29.2 Å². The SMILES string of the molecule is CCCNC(=O)Nc1ccc(NC(=O)N2CCC[C@@H](C(=O)NCC3CC3)C2)cc1. The fourth-order valence-corrected chi connectivity index (χ4v) is 3.34. The normalized spacial score (nSPS) is 18.7. The first kappa shape index (κ1) is 21.0. The van der Waals surface area contributed by atoms with Gasteiger partial charge in [0.15, 0.2) is 0 Å². The van der Waals surface area contributed by atoms with Crippen LogP contribution in [0.15, 0.2) is 24.3 Å². The zero-order valence-corrected chi connectivity index (χ0v) is 17.0. The van der Waals surface area contributed by atoms with E-state index in [4.69, 9.17) is 0 Å². The lowest BCUT2D eigenvalue weighted by atomic mass is 9.97. The first-order valence-electron chi connectivity index (χ1n) is 10.5. The summed E-state index contributed by atoms with van der Waals surface area (Å²) >= 11 is 0. The van der Waals surface area contributed by atoms with Crippen LogP contribution < -0.4 is 21.3 Å². The Morgan fingerprint density at radius 1 is 1.00 bits per heavy atom. The first-order chi connectivity index (χ1) is 14.0. The maximum Gasteiger partial charge on any atom is 0.321 e. The van der Waals surface area contributed by atoms with Crippen molar-refractivity contribution in [2.75, 3.05) is 36.8 Å². The van der Waals surface area contributed by atoms with E-state index < -0.39 is 0 Å². The van der Waals surface area contributed by atoms with E-state index in [1.165, 1.54) is 12.8 Å². The quantitative estimate of drug-likeness (QED) is 0.565. The number of nitrogens with one attached hydrogen (secondary N) is 4. The van der Waals surface area contributed by atoms with E-state index in [2.05, 4.69) is 21.3 Å². The van der Waals surface area contributed by atoms with Crippen molar-refractivity contribution in [3.63, 3.8) is 0 Å². The minimum atomic E-state index is -0.247. The molecule has 2 aliphatic rings. The molecule has 158 valence electrons. The van der Waals surface area contributed by atoms with Crippen molar-refractivity contribution in [1.29, 1.82) is 0 Å². The number of urea groups is 2. The zero-order valence-electron chi connectivity index (χ0n) is 17.0. The number of anilines is 2. The molecule has 1 aliphatic heterocycles. The van der Waals surface area contributed by atoms with Crippen LogP contribution in [0.2, 0.25) is 0 Å². The highest BCUT2D eigenvalue weighted by Crippen LogP contribution is 2.28. The van der Waals surface area contributed by atoms with E-state index >= 15 is 0 Å². The number of hydrogen-bond donors (Lipinski definition) is 4. The zero-order chi connectivity index (χ0) is 20.6. The summed E-state index contributed by atoms with van der Waals surface area (Å²) in [7, 11) is 0. The van der Waals surface area contributed by atoms with Crippen molar-refractivity contribution < 1.29 is 14.4 Å². The predicted molar refractivity (Wildman–Crippen MR) is 113 cm³/mol. The van der Waals surface area contributed by atoms with Crippen molar-refractivity contribution in [2.24, 2.45) is 11.8 Å². The number of hydrogen-bond acceptors (Lipinski definition) is 3. The Morgan fingerprint density at radius 3 is 2.34 bits per heavy atom. The number of likely N-dealkylation sites (tertiary alicyclic amines) is 1. The largest absolute Gasteiger partial charge is 0.356 e. The average Bonchev–Trinajstić information content (AvgIpc) is 3.56. The van der Waals surface area contributed by atoms with Gasteiger partial charge in [0.25, 0.3) is 0 Å². The summed E-state index contributed by atoms with van der Waals surface area (Å²) in [5.41, 5.74) is 1.30. The lowest BCUT2D eigenvalue weighted by molar-refractivity contribution is -0.126. The third-order valence-corrected chi connectivity index (χ3v) is 5.27. The number of carbonyl (C=O) groups excluding carboxylic acids is 3. The summed E-state index contributed by atoms with van der Waals surface area (Å²) in [5, 5.41) is 11.4. The van der Waals surface area contributed by atoms with E-state index in [-0.39, 0.29) is 23.9 Å². The molecule has 2 fully saturated rings. The van der Waals surface area contributed by atoms with Crippen molar-refractivity contribution in [3.8, 4) is 0 Å². The summed E-state index contributed by atoms with van der Waals surface area (Å²) in [6.45, 7) is 4.46. The molecule has 0 radical (unpaired) electrons. The lowest BCUT2D eigenvalue weighted by Crippen LogP contribution is -2.47. The van der Waals surface area contributed by atoms with Gasteiger partial charge in [0.2, 0.25) is 5.91 Å². The summed E-state index contributed by atoms with van der Waals surface area (Å²) in [4.78, 5) is 38.3. The molecule has 1 saturated carbocycles. The Kier molecular flexibility index (Phi) is 7.32. The molecule has 1 heterocycles. The smallest absolute Gasteiger partial charge is 0.321 e. The van der Waals surface area contributed by atoms with Crippen LogP contribution in [0.1, 0.15) is 39.0 Å². The van der Waals surface area contributed by atoms with Gasteiger partial charge in [-0.05, 0) is 62.3 Å². The number of nitrogens with zero attached hydrogens (tertiary/aromatic N) is 1. The van der Waals surface area contributed by atoms with Gasteiger partial charge in [0.1, 0.15) is 0 Å². The van der Waals surface area contributed by atoms with E-state index in [1.807, 2.05) is 6.92 Å². The van der Waals surface area contributed by atoms with Crippen LogP contribution in [-0.4, -0.2) is 49.0 Å². The predicted octanol–water partition coefficient (Wildman–Crippen LogP) is 2.99. The van der Waals surface area contributed by atoms with Crippen LogP contribution in [0.4, 0.5) is 21.0 Å². The monoisotopic (exact) mass is 401 g/mol. The molecular formula is C21H31N5O3. The molecule has 8 nitrogen and oxygen atoms in total. The van der Waals surface area contributed by atoms with Crippen molar-refractivity contribution in [2.45, 2.75) is 39.0 Å². The minimum absolute atomic E-state index is 0.0613. The number of rotatable bonds is 7. The molecule has 1 aromatic carbocycles. The summed E-state index contributed by atoms with van der Waals surface area (Å²) in [6, 6.07) is 6.53. The van der Waals surface area contributed by atoms with Gasteiger partial charge >= 0.3 is 12.1 Å². The standard InChI is InChI=1S/C21H31N5O3/c1-2-11-22-20(28)24-17-7-9-18(10-8-17)25-21(29)26-12-3-4-16(14-26)19(27)23-13-15-5-6-15/h7-10,15-16H,2-6,11-14H2,1H3,(H,23,27)(H,25,29)(H2,22,24,28)/t16-/m1/s1. The maximum atomic E-state index is 12.6. The van der Waals surface area contributed by atoms with Crippen LogP contribution in [-0.2, 0) is 4.79 Å². The average molecular weight is 402 g/mol. The lowest BCUT2D eigenvalue weighted by Gasteiger charge is -2.32. The summed E-state index contributed by atoms with van der Waals surface area (Å²) in [6.07, 6.45) is 4.93. The molecule has 0 unspecified atom stereocenters. The van der Waals surface area contributed by atoms with E-state index in [9.17, 15) is 14.4 Å². The Labute approximate surface area is 171 Å². The highest BCUT2D eigenvalue weighted by atomic mass is 16.2. The molecule has 1 aromatic rings. The second kappa shape index (κ2) is 10.1. The highest BCUT2D eigenvalue weighted by Gasteiger charge is 2.29. The topological polar surface area (TPSA) is 103 Å². The Hall–Kier alpha value is -2.77. The fraction of sp³-hybridized carbons (Fsp3) is 0.571. The molecule has 0 bridgehead atoms. The van der Waals surface area contributed by atoms with Crippen molar-refractivity contribution in [3.05, 3.63) is 24.3 Å². The molecule has 1 atom stereocenters. The van der Waals surface area contributed by atoms with Gasteiger partial charge in [-0.2, -0.15) is 0 Å². The number of benzene rings is 1. The van der Waals surface area contributed by atoms with Gasteiger partial charge in [0.05, 0.1) is 5.92 Å². The number of piperidine rings is 1. The first-order valence-corrected chi connectivity index (χ1v) is 10.5. The molecule has 8 heteroatoms. The summed E-state index contributed by atoms with van der Waals surface area (Å²) in [5.74, 6) is 0.574. The van der Waals surface area contributed by atoms with Crippen molar-refractivity contribution >= 4 is 29.3 Å². The van der Waals surface area contributed by atoms with Gasteiger partial charge in [-0.1, -0.05) is 6.92 Å². The second-order valence-corrected chi connectivity index (χ2v) is 7.86. The number of amides is 5. The van der Waals surface area contributed by atoms with Gasteiger partial charge < -0.3 is 26.2 Å². The van der Waals surface area contributed by atoms with Crippen molar-refractivity contribution in [1.82, 2.24) is 15.5 Å². The fourth-order valence-electron chi connectivity index (χ4n) is 3.34. The van der Waals surface area contributed by atoms with Crippen LogP contribution >= 0.6 is 0 Å². The van der Waals surface area contributed by atoms with Gasteiger partial charge in [-0.25, -0.2) is 9.59 Å². The summed E-state index contributed by atoms with van der Waals surface area (Å²) < 4.78 is 0. The molecule has 4 N–H and O–H groups in total. The van der Waals surface area contributed by atoms with Gasteiger partial charge in [-0.3, -0.25) is 4.79 Å². The van der Waals surface area contributed by atoms with Gasteiger partial charge in [-0.15, -0.1) is 0 Å². The molecule has 29 heavy (non-hydrogen) atoms. The molecule has 0 aromatic heterocycles. The van der Waals surface area contributed by atoms with Crippen LogP contribution in [0, 0.1) is 11.8 Å². The Balaban J connectivity index is 1.46. The van der Waals surface area contributed by atoms with Crippen LogP contribution in [0.5, 0.6) is 0 Å². The van der Waals surface area contributed by atoms with Crippen LogP contribution in [0.25, 0.3) is 0 Å². The molecule has 5 amide bonds. The molecular weight excluding hydrogens is 370 g/mol. The maximum absolute atomic E-state index is 12.6. The third-order valence-electron chi connectivity index (χ3n) is 5.27. The minimum Gasteiger partial charge on any atom is -0.356 e. The molecule has 3 rings (SSSR count). The van der Waals surface area contributed by atoms with E-state index in [0.29, 0.717) is 36.9 Å². The number of carbonyl (C=O) groups is 3.